The van der Waals surface area contributed by atoms with Gasteiger partial charge in [-0.25, -0.2) is 4.79 Å². The number of phenolic OH excluding ortho intramolecular Hbond substituents is 1. The van der Waals surface area contributed by atoms with Gasteiger partial charge in [0.1, 0.15) is 11.4 Å². The lowest BCUT2D eigenvalue weighted by molar-refractivity contribution is -0.00134. The van der Waals surface area contributed by atoms with E-state index in [9.17, 15) is 19.8 Å². The number of anilines is 1. The molecule has 0 bridgehead atoms. The normalized spacial score (nSPS) is 16.0. The Hall–Kier alpha value is -3.36. The standard InChI is InChI=1S/C28H35N3O5/c1-5-28(6-2)21-9-7-8-10-23(21)31(26(35)36-28)14-13-27(3,4)29-17-24(33)20-15-18(32)16-22-19(20)11-12-25(34)30-22/h7-12,15-16,24,29,32-33H,5-6,13-14,17H2,1-4H3,(H,30,34). The highest BCUT2D eigenvalue weighted by atomic mass is 16.6. The summed E-state index contributed by atoms with van der Waals surface area (Å²) in [5.74, 6) is -0.0322. The topological polar surface area (TPSA) is 115 Å². The van der Waals surface area contributed by atoms with E-state index >= 15 is 0 Å². The molecule has 8 heteroatoms. The number of rotatable bonds is 9. The molecule has 0 aliphatic carbocycles. The molecule has 4 rings (SSSR count). The van der Waals surface area contributed by atoms with E-state index in [0.717, 1.165) is 11.3 Å². The van der Waals surface area contributed by atoms with Gasteiger partial charge < -0.3 is 25.3 Å². The van der Waals surface area contributed by atoms with Gasteiger partial charge in [0, 0.05) is 41.7 Å². The summed E-state index contributed by atoms with van der Waals surface area (Å²) in [5, 5.41) is 25.1. The molecule has 1 amide bonds. The fourth-order valence-electron chi connectivity index (χ4n) is 4.98. The molecule has 4 N–H and O–H groups in total. The van der Waals surface area contributed by atoms with Gasteiger partial charge in [0.25, 0.3) is 0 Å². The van der Waals surface area contributed by atoms with Crippen molar-refractivity contribution in [1.82, 2.24) is 10.3 Å². The number of β-amino-alcohol motifs (C(OH)–C–C–N with tert-alkyl or cyclic N) is 1. The Morgan fingerprint density at radius 2 is 1.83 bits per heavy atom. The molecular weight excluding hydrogens is 458 g/mol. The Morgan fingerprint density at radius 3 is 2.56 bits per heavy atom. The summed E-state index contributed by atoms with van der Waals surface area (Å²) < 4.78 is 5.97. The molecule has 36 heavy (non-hydrogen) atoms. The number of ether oxygens (including phenoxy) is 1. The number of H-pyrrole nitrogens is 1. The molecule has 0 spiro atoms. The number of aliphatic hydroxyl groups is 1. The van der Waals surface area contributed by atoms with E-state index in [1.807, 2.05) is 52.0 Å². The van der Waals surface area contributed by atoms with Gasteiger partial charge in [-0.1, -0.05) is 32.0 Å². The largest absolute Gasteiger partial charge is 0.508 e. The van der Waals surface area contributed by atoms with Gasteiger partial charge in [0.05, 0.1) is 17.3 Å². The quantitative estimate of drug-likeness (QED) is 0.344. The minimum Gasteiger partial charge on any atom is -0.508 e. The van der Waals surface area contributed by atoms with Crippen LogP contribution in [0.4, 0.5) is 10.5 Å². The van der Waals surface area contributed by atoms with E-state index in [0.29, 0.717) is 42.3 Å². The average molecular weight is 494 g/mol. The maximum absolute atomic E-state index is 13.0. The van der Waals surface area contributed by atoms with Gasteiger partial charge in [-0.2, -0.15) is 0 Å². The number of amides is 1. The van der Waals surface area contributed by atoms with Crippen LogP contribution in [0.1, 0.15) is 64.2 Å². The molecule has 3 aromatic rings. The number of phenols is 1. The van der Waals surface area contributed by atoms with E-state index in [1.54, 1.807) is 11.0 Å². The second kappa shape index (κ2) is 9.95. The number of aliphatic hydroxyl groups excluding tert-OH is 1. The molecule has 2 aromatic carbocycles. The number of aromatic hydroxyl groups is 1. The average Bonchev–Trinajstić information content (AvgIpc) is 2.85. The highest BCUT2D eigenvalue weighted by Crippen LogP contribution is 2.43. The second-order valence-electron chi connectivity index (χ2n) is 10.1. The molecule has 0 saturated carbocycles. The van der Waals surface area contributed by atoms with Gasteiger partial charge >= 0.3 is 6.09 Å². The molecule has 0 fully saturated rings. The smallest absolute Gasteiger partial charge is 0.415 e. The summed E-state index contributed by atoms with van der Waals surface area (Å²) in [4.78, 5) is 29.1. The Kier molecular flexibility index (Phi) is 7.11. The fraction of sp³-hybridized carbons (Fsp3) is 0.429. The van der Waals surface area contributed by atoms with Crippen LogP contribution in [-0.2, 0) is 10.3 Å². The monoisotopic (exact) mass is 493 g/mol. The van der Waals surface area contributed by atoms with E-state index in [-0.39, 0.29) is 23.9 Å². The Labute approximate surface area is 210 Å². The van der Waals surface area contributed by atoms with Crippen LogP contribution in [0.3, 0.4) is 0 Å². The molecule has 192 valence electrons. The van der Waals surface area contributed by atoms with E-state index in [2.05, 4.69) is 10.3 Å². The number of para-hydroxylation sites is 1. The minimum absolute atomic E-state index is 0.0322. The first-order valence-corrected chi connectivity index (χ1v) is 12.5. The van der Waals surface area contributed by atoms with Crippen LogP contribution in [0.15, 0.2) is 53.3 Å². The van der Waals surface area contributed by atoms with Crippen molar-refractivity contribution in [2.24, 2.45) is 0 Å². The summed E-state index contributed by atoms with van der Waals surface area (Å²) in [6.45, 7) is 8.78. The molecular formula is C28H35N3O5. The fourth-order valence-corrected chi connectivity index (χ4v) is 4.98. The SMILES string of the molecule is CCC1(CC)OC(=O)N(CCC(C)(C)NCC(O)c2cc(O)cc3[nH]c(=O)ccc23)c2ccccc21. The van der Waals surface area contributed by atoms with Crippen molar-refractivity contribution in [2.75, 3.05) is 18.0 Å². The van der Waals surface area contributed by atoms with Crippen molar-refractivity contribution in [3.8, 4) is 5.75 Å². The van der Waals surface area contributed by atoms with Crippen LogP contribution in [0.2, 0.25) is 0 Å². The lowest BCUT2D eigenvalue weighted by Gasteiger charge is -2.42. The molecule has 1 aromatic heterocycles. The van der Waals surface area contributed by atoms with Crippen LogP contribution in [0, 0.1) is 0 Å². The Morgan fingerprint density at radius 1 is 1.11 bits per heavy atom. The number of carbonyl (C=O) groups excluding carboxylic acids is 1. The Bertz CT molecular complexity index is 1310. The number of aromatic nitrogens is 1. The first-order chi connectivity index (χ1) is 17.1. The van der Waals surface area contributed by atoms with Crippen molar-refractivity contribution in [2.45, 2.75) is 64.2 Å². The number of carbonyl (C=O) groups is 1. The first kappa shape index (κ1) is 25.7. The number of hydrogen-bond donors (Lipinski definition) is 4. The molecule has 1 atom stereocenters. The number of aromatic amines is 1. The lowest BCUT2D eigenvalue weighted by atomic mass is 9.85. The number of nitrogens with one attached hydrogen (secondary N) is 2. The Balaban J connectivity index is 1.46. The van der Waals surface area contributed by atoms with Crippen molar-refractivity contribution >= 4 is 22.7 Å². The zero-order valence-corrected chi connectivity index (χ0v) is 21.3. The van der Waals surface area contributed by atoms with Crippen molar-refractivity contribution < 1.29 is 19.7 Å². The number of hydrogen-bond acceptors (Lipinski definition) is 6. The van der Waals surface area contributed by atoms with Crippen molar-refractivity contribution in [3.05, 3.63) is 70.0 Å². The number of pyridine rings is 1. The van der Waals surface area contributed by atoms with Crippen LogP contribution in [0.5, 0.6) is 5.75 Å². The highest BCUT2D eigenvalue weighted by molar-refractivity contribution is 5.91. The molecule has 1 unspecified atom stereocenters. The summed E-state index contributed by atoms with van der Waals surface area (Å²) >= 11 is 0. The number of nitrogens with zero attached hydrogens (tertiary/aromatic N) is 1. The van der Waals surface area contributed by atoms with Gasteiger partial charge in [-0.05, 0) is 56.9 Å². The zero-order valence-electron chi connectivity index (χ0n) is 21.3. The van der Waals surface area contributed by atoms with Crippen LogP contribution >= 0.6 is 0 Å². The lowest BCUT2D eigenvalue weighted by Crippen LogP contribution is -2.49. The summed E-state index contributed by atoms with van der Waals surface area (Å²) in [6, 6.07) is 13.9. The molecule has 2 heterocycles. The zero-order chi connectivity index (χ0) is 26.1. The van der Waals surface area contributed by atoms with Crippen LogP contribution < -0.4 is 15.8 Å². The number of fused-ring (bicyclic) bond motifs is 2. The van der Waals surface area contributed by atoms with E-state index in [1.165, 1.54) is 18.2 Å². The maximum atomic E-state index is 13.0. The van der Waals surface area contributed by atoms with Gasteiger partial charge in [0.2, 0.25) is 5.56 Å². The molecule has 0 radical (unpaired) electrons. The minimum atomic E-state index is -0.917. The van der Waals surface area contributed by atoms with E-state index in [4.69, 9.17) is 4.74 Å². The number of cyclic esters (lactones) is 1. The first-order valence-electron chi connectivity index (χ1n) is 12.5. The van der Waals surface area contributed by atoms with Crippen LogP contribution in [0.25, 0.3) is 10.9 Å². The summed E-state index contributed by atoms with van der Waals surface area (Å²) in [7, 11) is 0. The highest BCUT2D eigenvalue weighted by Gasteiger charge is 2.42. The van der Waals surface area contributed by atoms with E-state index < -0.39 is 17.2 Å². The third-order valence-electron chi connectivity index (χ3n) is 7.28. The van der Waals surface area contributed by atoms with Gasteiger partial charge in [-0.3, -0.25) is 9.69 Å². The van der Waals surface area contributed by atoms with Gasteiger partial charge in [-0.15, -0.1) is 0 Å². The molecule has 1 aliphatic rings. The van der Waals surface area contributed by atoms with Crippen molar-refractivity contribution in [3.63, 3.8) is 0 Å². The summed E-state index contributed by atoms with van der Waals surface area (Å²) in [6.07, 6.45) is 0.780. The van der Waals surface area contributed by atoms with Crippen molar-refractivity contribution in [1.29, 1.82) is 0 Å². The predicted molar refractivity (Wildman–Crippen MR) is 140 cm³/mol. The molecule has 1 aliphatic heterocycles. The third-order valence-corrected chi connectivity index (χ3v) is 7.28. The predicted octanol–water partition coefficient (Wildman–Crippen LogP) is 4.70. The van der Waals surface area contributed by atoms with Gasteiger partial charge in [0.15, 0.2) is 0 Å². The summed E-state index contributed by atoms with van der Waals surface area (Å²) in [5.41, 5.74) is 1.61. The molecule has 8 nitrogen and oxygen atoms in total. The maximum Gasteiger partial charge on any atom is 0.415 e. The third kappa shape index (κ3) is 4.96. The second-order valence-corrected chi connectivity index (χ2v) is 10.1. The van der Waals surface area contributed by atoms with Crippen LogP contribution in [-0.4, -0.2) is 39.9 Å². The molecule has 0 saturated heterocycles. The number of benzene rings is 2.